The zero-order valence-electron chi connectivity index (χ0n) is 15.4. The maximum atomic E-state index is 14.1. The second kappa shape index (κ2) is 9.64. The number of hydrogen-bond donors (Lipinski definition) is 4. The summed E-state index contributed by atoms with van der Waals surface area (Å²) in [7, 11) is -4.39. The maximum Gasteiger partial charge on any atom is 0.459 e. The van der Waals surface area contributed by atoms with Gasteiger partial charge >= 0.3 is 13.7 Å². The molecule has 0 amide bonds. The SMILES string of the molecule is Cc1ncc(COP(=O)(NC(C)C(=O)O)Oc2ccc(Br)cc2F)c(CO)c1O. The molecule has 0 saturated carbocycles. The van der Waals surface area contributed by atoms with Crippen LogP contribution in [0.15, 0.2) is 28.9 Å². The number of aromatic nitrogens is 1. The van der Waals surface area contributed by atoms with E-state index >= 15 is 0 Å². The van der Waals surface area contributed by atoms with Crippen molar-refractivity contribution in [3.05, 3.63) is 51.5 Å². The van der Waals surface area contributed by atoms with Crippen molar-refractivity contribution in [1.29, 1.82) is 0 Å². The molecule has 0 bridgehead atoms. The summed E-state index contributed by atoms with van der Waals surface area (Å²) in [5, 5.41) is 30.8. The number of aliphatic carboxylic acids is 1. The zero-order chi connectivity index (χ0) is 21.8. The van der Waals surface area contributed by atoms with Crippen LogP contribution in [0.2, 0.25) is 0 Å². The number of hydrogen-bond acceptors (Lipinski definition) is 7. The summed E-state index contributed by atoms with van der Waals surface area (Å²) >= 11 is 3.08. The minimum Gasteiger partial charge on any atom is -0.506 e. The molecule has 0 saturated heterocycles. The van der Waals surface area contributed by atoms with Crippen molar-refractivity contribution in [2.45, 2.75) is 33.1 Å². The fraction of sp³-hybridized carbons (Fsp3) is 0.294. The van der Waals surface area contributed by atoms with Crippen molar-refractivity contribution in [2.75, 3.05) is 0 Å². The Kier molecular flexibility index (Phi) is 7.73. The molecule has 158 valence electrons. The van der Waals surface area contributed by atoms with Gasteiger partial charge in [0.1, 0.15) is 11.8 Å². The van der Waals surface area contributed by atoms with Gasteiger partial charge in [-0.1, -0.05) is 15.9 Å². The predicted octanol–water partition coefficient (Wildman–Crippen LogP) is 3.26. The van der Waals surface area contributed by atoms with Crippen molar-refractivity contribution in [2.24, 2.45) is 0 Å². The molecule has 0 radical (unpaired) electrons. The van der Waals surface area contributed by atoms with Gasteiger partial charge in [0.25, 0.3) is 0 Å². The van der Waals surface area contributed by atoms with Gasteiger partial charge in [-0.25, -0.2) is 8.96 Å². The van der Waals surface area contributed by atoms with Gasteiger partial charge in [0.15, 0.2) is 11.6 Å². The first-order chi connectivity index (χ1) is 13.6. The molecule has 29 heavy (non-hydrogen) atoms. The Bertz CT molecular complexity index is 960. The predicted molar refractivity (Wildman–Crippen MR) is 104 cm³/mol. The number of carboxylic acid groups (broad SMARTS) is 1. The van der Waals surface area contributed by atoms with Gasteiger partial charge in [-0.2, -0.15) is 5.09 Å². The molecule has 1 aromatic heterocycles. The quantitative estimate of drug-likeness (QED) is 0.388. The van der Waals surface area contributed by atoms with E-state index in [1.54, 1.807) is 0 Å². The van der Waals surface area contributed by atoms with Crippen LogP contribution >= 0.6 is 23.7 Å². The van der Waals surface area contributed by atoms with Gasteiger partial charge in [-0.05, 0) is 32.0 Å². The second-order valence-electron chi connectivity index (χ2n) is 5.98. The third kappa shape index (κ3) is 5.97. The molecule has 0 aliphatic heterocycles. The Balaban J connectivity index is 2.32. The first-order valence-electron chi connectivity index (χ1n) is 8.23. The number of aromatic hydroxyl groups is 1. The lowest BCUT2D eigenvalue weighted by atomic mass is 10.1. The molecule has 2 unspecified atom stereocenters. The number of nitrogens with zero attached hydrogens (tertiary/aromatic N) is 1. The fourth-order valence-electron chi connectivity index (χ4n) is 2.20. The summed E-state index contributed by atoms with van der Waals surface area (Å²) in [5.41, 5.74) is 0.567. The summed E-state index contributed by atoms with van der Waals surface area (Å²) in [5.74, 6) is -2.86. The van der Waals surface area contributed by atoms with E-state index in [1.165, 1.54) is 32.2 Å². The van der Waals surface area contributed by atoms with Gasteiger partial charge in [0.05, 0.1) is 18.9 Å². The van der Waals surface area contributed by atoms with Gasteiger partial charge < -0.3 is 19.8 Å². The number of benzene rings is 1. The zero-order valence-corrected chi connectivity index (χ0v) is 17.9. The van der Waals surface area contributed by atoms with Crippen LogP contribution in [0.5, 0.6) is 11.5 Å². The van der Waals surface area contributed by atoms with Crippen LogP contribution in [0, 0.1) is 12.7 Å². The number of carboxylic acids is 1. The van der Waals surface area contributed by atoms with E-state index in [0.29, 0.717) is 4.47 Å². The number of halogens is 2. The van der Waals surface area contributed by atoms with Crippen molar-refractivity contribution >= 4 is 29.6 Å². The molecule has 1 aromatic carbocycles. The van der Waals surface area contributed by atoms with Crippen LogP contribution in [0.3, 0.4) is 0 Å². The molecule has 2 rings (SSSR count). The minimum absolute atomic E-state index is 0.102. The minimum atomic E-state index is -4.39. The third-order valence-corrected chi connectivity index (χ3v) is 5.92. The summed E-state index contributed by atoms with van der Waals surface area (Å²) < 4.78 is 38.1. The number of carbonyl (C=O) groups is 1. The summed E-state index contributed by atoms with van der Waals surface area (Å²) in [4.78, 5) is 15.1. The Morgan fingerprint density at radius 3 is 2.72 bits per heavy atom. The number of rotatable bonds is 9. The van der Waals surface area contributed by atoms with E-state index in [2.05, 4.69) is 26.0 Å². The molecular formula is C17H19BrFN2O7P. The van der Waals surface area contributed by atoms with Crippen LogP contribution in [-0.4, -0.2) is 32.3 Å². The van der Waals surface area contributed by atoms with Crippen LogP contribution in [0.4, 0.5) is 4.39 Å². The number of aryl methyl sites for hydroxylation is 1. The first kappa shape index (κ1) is 23.2. The third-order valence-electron chi connectivity index (χ3n) is 3.81. The van der Waals surface area contributed by atoms with E-state index in [0.717, 1.165) is 6.07 Å². The molecule has 12 heteroatoms. The van der Waals surface area contributed by atoms with Crippen molar-refractivity contribution in [3.8, 4) is 11.5 Å². The summed E-state index contributed by atoms with van der Waals surface area (Å²) in [6, 6.07) is 2.36. The van der Waals surface area contributed by atoms with Gasteiger partial charge in [-0.15, -0.1) is 0 Å². The first-order valence-corrected chi connectivity index (χ1v) is 10.6. The normalized spacial score (nSPS) is 14.2. The lowest BCUT2D eigenvalue weighted by molar-refractivity contribution is -0.138. The molecule has 1 heterocycles. The Morgan fingerprint density at radius 1 is 1.45 bits per heavy atom. The molecule has 4 N–H and O–H groups in total. The Labute approximate surface area is 174 Å². The highest BCUT2D eigenvalue weighted by Crippen LogP contribution is 2.47. The maximum absolute atomic E-state index is 14.1. The highest BCUT2D eigenvalue weighted by atomic mass is 79.9. The van der Waals surface area contributed by atoms with Crippen LogP contribution in [0.1, 0.15) is 23.7 Å². The molecule has 0 fully saturated rings. The molecule has 0 spiro atoms. The smallest absolute Gasteiger partial charge is 0.459 e. The largest absolute Gasteiger partial charge is 0.506 e. The summed E-state index contributed by atoms with van der Waals surface area (Å²) in [6.07, 6.45) is 1.30. The van der Waals surface area contributed by atoms with E-state index in [-0.39, 0.29) is 22.6 Å². The molecule has 2 atom stereocenters. The molecule has 0 aliphatic carbocycles. The van der Waals surface area contributed by atoms with Gasteiger partial charge in [0.2, 0.25) is 0 Å². The number of aliphatic hydroxyl groups excluding tert-OH is 1. The van der Waals surface area contributed by atoms with Crippen molar-refractivity contribution < 1.29 is 38.1 Å². The van der Waals surface area contributed by atoms with E-state index < -0.39 is 44.5 Å². The van der Waals surface area contributed by atoms with Gasteiger partial charge in [-0.3, -0.25) is 14.3 Å². The van der Waals surface area contributed by atoms with Crippen LogP contribution in [0.25, 0.3) is 0 Å². The fourth-order valence-corrected chi connectivity index (χ4v) is 4.01. The lowest BCUT2D eigenvalue weighted by Crippen LogP contribution is -2.33. The van der Waals surface area contributed by atoms with Gasteiger partial charge in [0, 0.05) is 21.8 Å². The molecule has 0 aliphatic rings. The van der Waals surface area contributed by atoms with E-state index in [9.17, 15) is 24.0 Å². The highest BCUT2D eigenvalue weighted by Gasteiger charge is 2.33. The van der Waals surface area contributed by atoms with Crippen molar-refractivity contribution in [3.63, 3.8) is 0 Å². The molecule has 2 aromatic rings. The highest BCUT2D eigenvalue weighted by molar-refractivity contribution is 9.10. The van der Waals surface area contributed by atoms with Crippen LogP contribution in [-0.2, 0) is 27.1 Å². The van der Waals surface area contributed by atoms with Crippen molar-refractivity contribution in [1.82, 2.24) is 10.1 Å². The van der Waals surface area contributed by atoms with Crippen LogP contribution < -0.4 is 9.61 Å². The standard InChI is InChI=1S/C17H19BrFN2O7P/c1-9-16(23)13(7-22)11(6-20-9)8-27-29(26,21-10(2)17(24)25)28-15-4-3-12(18)5-14(15)19/h3-6,10,22-23H,7-8H2,1-2H3,(H,21,26)(H,24,25). The molecule has 9 nitrogen and oxygen atoms in total. The Morgan fingerprint density at radius 2 is 2.14 bits per heavy atom. The number of nitrogens with one attached hydrogen (secondary N) is 1. The topological polar surface area (TPSA) is 138 Å². The lowest BCUT2D eigenvalue weighted by Gasteiger charge is -2.22. The number of aliphatic hydroxyl groups is 1. The second-order valence-corrected chi connectivity index (χ2v) is 8.59. The average Bonchev–Trinajstić information content (AvgIpc) is 2.65. The van der Waals surface area contributed by atoms with E-state index in [4.69, 9.17) is 14.2 Å². The summed E-state index contributed by atoms with van der Waals surface area (Å²) in [6.45, 7) is 1.72. The molecular weight excluding hydrogens is 474 g/mol. The number of pyridine rings is 1. The monoisotopic (exact) mass is 492 g/mol. The average molecular weight is 493 g/mol. The van der Waals surface area contributed by atoms with E-state index in [1.807, 2.05) is 0 Å². The Hall–Kier alpha value is -2.04.